The number of rotatable bonds is 3. The first-order chi connectivity index (χ1) is 7.66. The largest absolute Gasteiger partial charge is 0.367 e. The molecule has 0 aromatic carbocycles. The maximum atomic E-state index is 4.39. The van der Waals surface area contributed by atoms with E-state index >= 15 is 0 Å². The fourth-order valence-corrected chi connectivity index (χ4v) is 1.76. The van der Waals surface area contributed by atoms with Crippen LogP contribution in [0, 0.1) is 6.92 Å². The SMILES string of the molecule is Cc1cc(N(C)Cc2cc[nH]c2)ncc1Br. The third-order valence-electron chi connectivity index (χ3n) is 2.51. The van der Waals surface area contributed by atoms with Crippen LogP contribution < -0.4 is 4.90 Å². The van der Waals surface area contributed by atoms with E-state index in [-0.39, 0.29) is 0 Å². The highest BCUT2D eigenvalue weighted by atomic mass is 79.9. The Morgan fingerprint density at radius 1 is 1.50 bits per heavy atom. The third kappa shape index (κ3) is 2.44. The summed E-state index contributed by atoms with van der Waals surface area (Å²) in [5.74, 6) is 0.988. The molecular weight excluding hydrogens is 266 g/mol. The van der Waals surface area contributed by atoms with Crippen LogP contribution in [0.1, 0.15) is 11.1 Å². The molecule has 0 radical (unpaired) electrons. The van der Waals surface area contributed by atoms with Gasteiger partial charge in [-0.3, -0.25) is 0 Å². The average Bonchev–Trinajstić information content (AvgIpc) is 2.74. The molecule has 0 spiro atoms. The number of nitrogens with one attached hydrogen (secondary N) is 1. The lowest BCUT2D eigenvalue weighted by Crippen LogP contribution is -2.17. The predicted octanol–water partition coefficient (Wildman–Crippen LogP) is 3.12. The molecule has 4 heteroatoms. The quantitative estimate of drug-likeness (QED) is 0.936. The first-order valence-electron chi connectivity index (χ1n) is 5.12. The molecule has 3 nitrogen and oxygen atoms in total. The molecule has 16 heavy (non-hydrogen) atoms. The summed E-state index contributed by atoms with van der Waals surface area (Å²) in [6, 6.07) is 4.15. The summed E-state index contributed by atoms with van der Waals surface area (Å²) in [4.78, 5) is 9.57. The van der Waals surface area contributed by atoms with Gasteiger partial charge in [-0.15, -0.1) is 0 Å². The van der Waals surface area contributed by atoms with Crippen LogP contribution in [-0.4, -0.2) is 17.0 Å². The molecule has 0 aliphatic carbocycles. The number of halogens is 1. The van der Waals surface area contributed by atoms with Gasteiger partial charge in [0.25, 0.3) is 0 Å². The van der Waals surface area contributed by atoms with Crippen LogP contribution in [-0.2, 0) is 6.54 Å². The Morgan fingerprint density at radius 3 is 2.94 bits per heavy atom. The molecule has 0 atom stereocenters. The zero-order valence-corrected chi connectivity index (χ0v) is 11.0. The van der Waals surface area contributed by atoms with Crippen molar-refractivity contribution in [1.29, 1.82) is 0 Å². The molecule has 84 valence electrons. The topological polar surface area (TPSA) is 31.9 Å². The molecule has 0 fully saturated rings. The number of aromatic amines is 1. The number of anilines is 1. The van der Waals surface area contributed by atoms with Gasteiger partial charge in [0.15, 0.2) is 0 Å². The van der Waals surface area contributed by atoms with Gasteiger partial charge >= 0.3 is 0 Å². The highest BCUT2D eigenvalue weighted by molar-refractivity contribution is 9.10. The van der Waals surface area contributed by atoms with Gasteiger partial charge in [0.05, 0.1) is 0 Å². The summed E-state index contributed by atoms with van der Waals surface area (Å²) in [7, 11) is 2.04. The highest BCUT2D eigenvalue weighted by Gasteiger charge is 2.05. The normalized spacial score (nSPS) is 10.4. The summed E-state index contributed by atoms with van der Waals surface area (Å²) in [6.45, 7) is 2.93. The third-order valence-corrected chi connectivity index (χ3v) is 3.34. The number of hydrogen-bond acceptors (Lipinski definition) is 2. The van der Waals surface area contributed by atoms with Gasteiger partial charge in [-0.05, 0) is 46.1 Å². The Bertz CT molecular complexity index is 465. The Morgan fingerprint density at radius 2 is 2.31 bits per heavy atom. The van der Waals surface area contributed by atoms with Crippen molar-refractivity contribution >= 4 is 21.7 Å². The van der Waals surface area contributed by atoms with Crippen LogP contribution in [0.15, 0.2) is 35.2 Å². The van der Waals surface area contributed by atoms with Crippen LogP contribution >= 0.6 is 15.9 Å². The standard InChI is InChI=1S/C12H14BrN3/c1-9-5-12(15-7-11(9)13)16(2)8-10-3-4-14-6-10/h3-7,14H,8H2,1-2H3. The molecule has 0 saturated heterocycles. The number of aromatic nitrogens is 2. The molecular formula is C12H14BrN3. The molecule has 2 aromatic rings. The van der Waals surface area contributed by atoms with Crippen molar-refractivity contribution < 1.29 is 0 Å². The first-order valence-corrected chi connectivity index (χ1v) is 5.91. The maximum Gasteiger partial charge on any atom is 0.128 e. The van der Waals surface area contributed by atoms with Gasteiger partial charge < -0.3 is 9.88 Å². The lowest BCUT2D eigenvalue weighted by atomic mass is 10.2. The Balaban J connectivity index is 2.14. The average molecular weight is 280 g/mol. The molecule has 0 aliphatic rings. The number of aryl methyl sites for hydroxylation is 1. The van der Waals surface area contributed by atoms with Gasteiger partial charge in [-0.25, -0.2) is 4.98 Å². The van der Waals surface area contributed by atoms with Crippen molar-refractivity contribution in [3.63, 3.8) is 0 Å². The molecule has 2 heterocycles. The molecule has 1 N–H and O–H groups in total. The van der Waals surface area contributed by atoms with E-state index in [1.54, 1.807) is 0 Å². The van der Waals surface area contributed by atoms with E-state index in [9.17, 15) is 0 Å². The summed E-state index contributed by atoms with van der Waals surface area (Å²) < 4.78 is 1.05. The zero-order chi connectivity index (χ0) is 11.5. The van der Waals surface area contributed by atoms with E-state index in [2.05, 4.69) is 49.9 Å². The summed E-state index contributed by atoms with van der Waals surface area (Å²) in [6.07, 6.45) is 5.78. The smallest absolute Gasteiger partial charge is 0.128 e. The minimum Gasteiger partial charge on any atom is -0.367 e. The number of pyridine rings is 1. The number of nitrogens with zero attached hydrogens (tertiary/aromatic N) is 2. The van der Waals surface area contributed by atoms with Crippen LogP contribution in [0.4, 0.5) is 5.82 Å². The number of hydrogen-bond donors (Lipinski definition) is 1. The molecule has 0 amide bonds. The van der Waals surface area contributed by atoms with E-state index in [4.69, 9.17) is 0 Å². The van der Waals surface area contributed by atoms with Gasteiger partial charge in [-0.2, -0.15) is 0 Å². The van der Waals surface area contributed by atoms with Gasteiger partial charge in [0.2, 0.25) is 0 Å². The summed E-state index contributed by atoms with van der Waals surface area (Å²) >= 11 is 3.45. The summed E-state index contributed by atoms with van der Waals surface area (Å²) in [5, 5.41) is 0. The second-order valence-corrected chi connectivity index (χ2v) is 4.72. The minimum atomic E-state index is 0.859. The van der Waals surface area contributed by atoms with Crippen molar-refractivity contribution in [3.05, 3.63) is 46.3 Å². The van der Waals surface area contributed by atoms with Crippen LogP contribution in [0.3, 0.4) is 0 Å². The minimum absolute atomic E-state index is 0.859. The fraction of sp³-hybridized carbons (Fsp3) is 0.250. The molecule has 0 unspecified atom stereocenters. The van der Waals surface area contributed by atoms with Crippen molar-refractivity contribution in [2.45, 2.75) is 13.5 Å². The molecule has 2 aromatic heterocycles. The Kier molecular flexibility index (Phi) is 3.29. The van der Waals surface area contributed by atoms with Gasteiger partial charge in [0, 0.05) is 36.7 Å². The second-order valence-electron chi connectivity index (χ2n) is 3.87. The predicted molar refractivity (Wildman–Crippen MR) is 69.6 cm³/mol. The van der Waals surface area contributed by atoms with Crippen molar-refractivity contribution in [2.24, 2.45) is 0 Å². The van der Waals surface area contributed by atoms with Crippen molar-refractivity contribution in [3.8, 4) is 0 Å². The highest BCUT2D eigenvalue weighted by Crippen LogP contribution is 2.20. The van der Waals surface area contributed by atoms with E-state index < -0.39 is 0 Å². The maximum absolute atomic E-state index is 4.39. The fourth-order valence-electron chi connectivity index (χ4n) is 1.54. The second kappa shape index (κ2) is 4.70. The van der Waals surface area contributed by atoms with E-state index in [1.807, 2.05) is 25.6 Å². The van der Waals surface area contributed by atoms with E-state index in [0.29, 0.717) is 0 Å². The van der Waals surface area contributed by atoms with Crippen molar-refractivity contribution in [1.82, 2.24) is 9.97 Å². The van der Waals surface area contributed by atoms with E-state index in [0.717, 1.165) is 16.8 Å². The monoisotopic (exact) mass is 279 g/mol. The van der Waals surface area contributed by atoms with Crippen LogP contribution in [0.5, 0.6) is 0 Å². The van der Waals surface area contributed by atoms with Gasteiger partial charge in [0.1, 0.15) is 5.82 Å². The first kappa shape index (κ1) is 11.2. The lowest BCUT2D eigenvalue weighted by molar-refractivity contribution is 0.896. The van der Waals surface area contributed by atoms with Crippen LogP contribution in [0.25, 0.3) is 0 Å². The lowest BCUT2D eigenvalue weighted by Gasteiger charge is -2.18. The zero-order valence-electron chi connectivity index (χ0n) is 9.37. The van der Waals surface area contributed by atoms with E-state index in [1.165, 1.54) is 11.1 Å². The van der Waals surface area contributed by atoms with Crippen molar-refractivity contribution in [2.75, 3.05) is 11.9 Å². The van der Waals surface area contributed by atoms with Gasteiger partial charge in [-0.1, -0.05) is 0 Å². The Labute approximate surface area is 104 Å². The number of H-pyrrole nitrogens is 1. The molecule has 0 bridgehead atoms. The Hall–Kier alpha value is -1.29. The molecule has 0 saturated carbocycles. The summed E-state index contributed by atoms with van der Waals surface area (Å²) in [5.41, 5.74) is 2.45. The molecule has 2 rings (SSSR count). The molecule has 0 aliphatic heterocycles. The van der Waals surface area contributed by atoms with Crippen LogP contribution in [0.2, 0.25) is 0 Å².